The van der Waals surface area contributed by atoms with Gasteiger partial charge in [-0.15, -0.1) is 11.3 Å². The quantitative estimate of drug-likeness (QED) is 0.845. The van der Waals surface area contributed by atoms with E-state index < -0.39 is 6.10 Å². The van der Waals surface area contributed by atoms with Gasteiger partial charge in [-0.2, -0.15) is 0 Å². The number of benzene rings is 1. The van der Waals surface area contributed by atoms with Gasteiger partial charge in [-0.1, -0.05) is 18.2 Å². The zero-order valence-corrected chi connectivity index (χ0v) is 8.88. The summed E-state index contributed by atoms with van der Waals surface area (Å²) in [5.41, 5.74) is 0.942. The van der Waals surface area contributed by atoms with Crippen molar-refractivity contribution in [2.75, 3.05) is 0 Å². The maximum Gasteiger partial charge on any atom is 0.123 e. The molecule has 15 heavy (non-hydrogen) atoms. The van der Waals surface area contributed by atoms with E-state index in [2.05, 4.69) is 0 Å². The van der Waals surface area contributed by atoms with Crippen LogP contribution in [-0.4, -0.2) is 5.11 Å². The molecule has 0 fully saturated rings. The van der Waals surface area contributed by atoms with Gasteiger partial charge >= 0.3 is 0 Å². The predicted molar refractivity (Wildman–Crippen MR) is 59.4 cm³/mol. The lowest BCUT2D eigenvalue weighted by Crippen LogP contribution is -1.99. The lowest BCUT2D eigenvalue weighted by Gasteiger charge is -2.08. The van der Waals surface area contributed by atoms with Crippen molar-refractivity contribution in [3.05, 3.63) is 58.0 Å². The maximum absolute atomic E-state index is 12.6. The molecule has 78 valence electrons. The van der Waals surface area contributed by atoms with E-state index in [1.807, 2.05) is 17.5 Å². The van der Waals surface area contributed by atoms with E-state index in [1.54, 1.807) is 12.1 Å². The standard InChI is InChI=1S/C12H11FOS/c13-10-5-3-9(4-6-10)8-11(14)12-2-1-7-15-12/h1-7,11,14H,8H2. The third-order valence-corrected chi connectivity index (χ3v) is 3.19. The van der Waals surface area contributed by atoms with E-state index in [-0.39, 0.29) is 5.82 Å². The van der Waals surface area contributed by atoms with E-state index in [0.717, 1.165) is 10.4 Å². The minimum absolute atomic E-state index is 0.246. The van der Waals surface area contributed by atoms with Crippen molar-refractivity contribution >= 4 is 11.3 Å². The smallest absolute Gasteiger partial charge is 0.123 e. The van der Waals surface area contributed by atoms with Gasteiger partial charge in [-0.05, 0) is 29.1 Å². The van der Waals surface area contributed by atoms with Crippen molar-refractivity contribution in [3.8, 4) is 0 Å². The third-order valence-electron chi connectivity index (χ3n) is 2.21. The summed E-state index contributed by atoms with van der Waals surface area (Å²) in [6.07, 6.45) is 0.0383. The average molecular weight is 222 g/mol. The van der Waals surface area contributed by atoms with Crippen LogP contribution in [0.15, 0.2) is 41.8 Å². The molecule has 1 aromatic carbocycles. The highest BCUT2D eigenvalue weighted by Gasteiger charge is 2.09. The molecule has 3 heteroatoms. The first kappa shape index (κ1) is 10.3. The molecule has 1 aromatic heterocycles. The first-order valence-corrected chi connectivity index (χ1v) is 5.59. The molecule has 0 aliphatic rings. The van der Waals surface area contributed by atoms with Crippen LogP contribution in [0.5, 0.6) is 0 Å². The van der Waals surface area contributed by atoms with E-state index in [0.29, 0.717) is 6.42 Å². The third kappa shape index (κ3) is 2.64. The van der Waals surface area contributed by atoms with E-state index in [9.17, 15) is 9.50 Å². The van der Waals surface area contributed by atoms with Gasteiger partial charge in [0, 0.05) is 11.3 Å². The SMILES string of the molecule is OC(Cc1ccc(F)cc1)c1cccs1. The summed E-state index contributed by atoms with van der Waals surface area (Å²) >= 11 is 1.53. The van der Waals surface area contributed by atoms with Crippen LogP contribution in [-0.2, 0) is 6.42 Å². The van der Waals surface area contributed by atoms with Crippen LogP contribution in [0.4, 0.5) is 4.39 Å². The van der Waals surface area contributed by atoms with Crippen LogP contribution >= 0.6 is 11.3 Å². The Labute approximate surface area is 91.8 Å². The molecule has 1 atom stereocenters. The largest absolute Gasteiger partial charge is 0.387 e. The van der Waals surface area contributed by atoms with E-state index >= 15 is 0 Å². The average Bonchev–Trinajstić information content (AvgIpc) is 2.74. The van der Waals surface area contributed by atoms with Gasteiger partial charge in [0.05, 0.1) is 6.10 Å². The fraction of sp³-hybridized carbons (Fsp3) is 0.167. The van der Waals surface area contributed by atoms with Crippen molar-refractivity contribution in [2.24, 2.45) is 0 Å². The van der Waals surface area contributed by atoms with Crippen LogP contribution in [0.2, 0.25) is 0 Å². The Morgan fingerprint density at radius 3 is 2.53 bits per heavy atom. The number of aliphatic hydroxyl groups excluding tert-OH is 1. The van der Waals surface area contributed by atoms with Gasteiger partial charge in [-0.25, -0.2) is 4.39 Å². The second-order valence-electron chi connectivity index (χ2n) is 3.36. The molecular formula is C12H11FOS. The summed E-state index contributed by atoms with van der Waals surface area (Å²) in [6, 6.07) is 10.0. The summed E-state index contributed by atoms with van der Waals surface area (Å²) < 4.78 is 12.6. The van der Waals surface area contributed by atoms with Crippen molar-refractivity contribution in [2.45, 2.75) is 12.5 Å². The van der Waals surface area contributed by atoms with Crippen molar-refractivity contribution in [1.82, 2.24) is 0 Å². The molecule has 0 bridgehead atoms. The molecule has 2 rings (SSSR count). The zero-order valence-electron chi connectivity index (χ0n) is 8.06. The normalized spacial score (nSPS) is 12.7. The van der Waals surface area contributed by atoms with Gasteiger partial charge in [-0.3, -0.25) is 0 Å². The van der Waals surface area contributed by atoms with Crippen molar-refractivity contribution in [3.63, 3.8) is 0 Å². The van der Waals surface area contributed by atoms with E-state index in [4.69, 9.17) is 0 Å². The second kappa shape index (κ2) is 4.55. The number of thiophene rings is 1. The Hall–Kier alpha value is -1.19. The molecule has 1 N–H and O–H groups in total. The number of halogens is 1. The first-order valence-electron chi connectivity index (χ1n) is 4.71. The number of rotatable bonds is 3. The molecule has 1 unspecified atom stereocenters. The Balaban J connectivity index is 2.06. The lowest BCUT2D eigenvalue weighted by atomic mass is 10.1. The van der Waals surface area contributed by atoms with Crippen LogP contribution in [0.3, 0.4) is 0 Å². The Bertz CT molecular complexity index is 408. The minimum atomic E-state index is -0.490. The summed E-state index contributed by atoms with van der Waals surface area (Å²) in [4.78, 5) is 0.944. The number of hydrogen-bond donors (Lipinski definition) is 1. The molecule has 0 amide bonds. The van der Waals surface area contributed by atoms with Crippen LogP contribution in [0, 0.1) is 5.82 Å². The van der Waals surface area contributed by atoms with Gasteiger partial charge < -0.3 is 5.11 Å². The highest BCUT2D eigenvalue weighted by atomic mass is 32.1. The molecule has 0 saturated carbocycles. The topological polar surface area (TPSA) is 20.2 Å². The van der Waals surface area contributed by atoms with Crippen LogP contribution in [0.25, 0.3) is 0 Å². The summed E-state index contributed by atoms with van der Waals surface area (Å²) in [6.45, 7) is 0. The first-order chi connectivity index (χ1) is 7.25. The molecule has 0 radical (unpaired) electrons. The van der Waals surface area contributed by atoms with E-state index in [1.165, 1.54) is 23.5 Å². The fourth-order valence-electron chi connectivity index (χ4n) is 1.43. The molecule has 1 heterocycles. The minimum Gasteiger partial charge on any atom is -0.387 e. The summed E-state index contributed by atoms with van der Waals surface area (Å²) in [7, 11) is 0. The van der Waals surface area contributed by atoms with Crippen molar-refractivity contribution < 1.29 is 9.50 Å². The molecule has 0 saturated heterocycles. The number of hydrogen-bond acceptors (Lipinski definition) is 2. The Kier molecular flexibility index (Phi) is 3.14. The monoisotopic (exact) mass is 222 g/mol. The maximum atomic E-state index is 12.6. The van der Waals surface area contributed by atoms with Gasteiger partial charge in [0.2, 0.25) is 0 Å². The predicted octanol–water partition coefficient (Wildman–Crippen LogP) is 3.16. The van der Waals surface area contributed by atoms with Crippen LogP contribution in [0.1, 0.15) is 16.5 Å². The molecule has 1 nitrogen and oxygen atoms in total. The summed E-state index contributed by atoms with van der Waals surface area (Å²) in [5.74, 6) is -0.246. The van der Waals surface area contributed by atoms with Gasteiger partial charge in [0.1, 0.15) is 5.82 Å². The fourth-order valence-corrected chi connectivity index (χ4v) is 2.14. The second-order valence-corrected chi connectivity index (χ2v) is 4.34. The van der Waals surface area contributed by atoms with Crippen molar-refractivity contribution in [1.29, 1.82) is 0 Å². The lowest BCUT2D eigenvalue weighted by molar-refractivity contribution is 0.182. The molecule has 0 aliphatic carbocycles. The molecule has 0 aliphatic heterocycles. The molecular weight excluding hydrogens is 211 g/mol. The summed E-state index contributed by atoms with van der Waals surface area (Å²) in [5, 5.41) is 11.8. The highest BCUT2D eigenvalue weighted by molar-refractivity contribution is 7.10. The van der Waals surface area contributed by atoms with Gasteiger partial charge in [0.15, 0.2) is 0 Å². The number of aliphatic hydroxyl groups is 1. The highest BCUT2D eigenvalue weighted by Crippen LogP contribution is 2.22. The zero-order chi connectivity index (χ0) is 10.7. The van der Waals surface area contributed by atoms with Crippen LogP contribution < -0.4 is 0 Å². The Morgan fingerprint density at radius 1 is 1.20 bits per heavy atom. The Morgan fingerprint density at radius 2 is 1.93 bits per heavy atom. The molecule has 0 spiro atoms. The van der Waals surface area contributed by atoms with Gasteiger partial charge in [0.25, 0.3) is 0 Å². The molecule has 2 aromatic rings.